The lowest BCUT2D eigenvalue weighted by Gasteiger charge is -2.01. The third-order valence-electron chi connectivity index (χ3n) is 2.30. The third-order valence-corrected chi connectivity index (χ3v) is 2.30. The van der Waals surface area contributed by atoms with E-state index in [1.165, 1.54) is 0 Å². The number of benzene rings is 1. The molecule has 2 heterocycles. The van der Waals surface area contributed by atoms with Crippen molar-refractivity contribution in [3.05, 3.63) is 42.2 Å². The van der Waals surface area contributed by atoms with Crippen LogP contribution in [0.3, 0.4) is 0 Å². The summed E-state index contributed by atoms with van der Waals surface area (Å²) in [7, 11) is 0. The van der Waals surface area contributed by atoms with Crippen molar-refractivity contribution < 1.29 is 0 Å². The molecule has 4 nitrogen and oxygen atoms in total. The van der Waals surface area contributed by atoms with E-state index in [1.54, 1.807) is 6.20 Å². The van der Waals surface area contributed by atoms with E-state index in [9.17, 15) is 0 Å². The number of rotatable bonds is 0. The van der Waals surface area contributed by atoms with E-state index in [4.69, 9.17) is 0 Å². The predicted octanol–water partition coefficient (Wildman–Crippen LogP) is 1.14. The highest BCUT2D eigenvalue weighted by molar-refractivity contribution is 5.88. The lowest BCUT2D eigenvalue weighted by Crippen LogP contribution is -2.11. The molecule has 1 aromatic carbocycles. The number of anilines is 1. The molecule has 0 bridgehead atoms. The normalized spacial score (nSPS) is 16.8. The van der Waals surface area contributed by atoms with Crippen LogP contribution in [0, 0.1) is 0 Å². The number of aliphatic imine (C=N–C) groups is 1. The van der Waals surface area contributed by atoms with Gasteiger partial charge in [-0.2, -0.15) is 0 Å². The molecule has 84 valence electrons. The van der Waals surface area contributed by atoms with E-state index in [-0.39, 0.29) is 0 Å². The fourth-order valence-corrected chi connectivity index (χ4v) is 1.48. The Morgan fingerprint density at radius 1 is 1.06 bits per heavy atom. The van der Waals surface area contributed by atoms with Crippen LogP contribution in [-0.2, 0) is 0 Å². The fraction of sp³-hybridized carbons (Fsp3) is 0.250. The van der Waals surface area contributed by atoms with Crippen LogP contribution in [0.2, 0.25) is 0 Å². The molecule has 3 rings (SSSR count). The van der Waals surface area contributed by atoms with Gasteiger partial charge in [-0.15, -0.1) is 0 Å². The molecular formula is C12H16N4. The molecule has 1 fully saturated rings. The monoisotopic (exact) mass is 216 g/mol. The molecule has 0 radical (unpaired) electrons. The van der Waals surface area contributed by atoms with Gasteiger partial charge in [-0.3, -0.25) is 4.99 Å². The van der Waals surface area contributed by atoms with Gasteiger partial charge in [-0.1, -0.05) is 18.2 Å². The molecule has 0 saturated carbocycles. The maximum atomic E-state index is 4.04. The summed E-state index contributed by atoms with van der Waals surface area (Å²) in [5.74, 6) is 0. The van der Waals surface area contributed by atoms with E-state index >= 15 is 0 Å². The van der Waals surface area contributed by atoms with Gasteiger partial charge in [-0.05, 0) is 6.07 Å². The van der Waals surface area contributed by atoms with Gasteiger partial charge in [-0.25, -0.2) is 0 Å². The van der Waals surface area contributed by atoms with Crippen molar-refractivity contribution in [2.75, 3.05) is 25.1 Å². The molecule has 0 unspecified atom stereocenters. The van der Waals surface area contributed by atoms with E-state index in [0.29, 0.717) is 0 Å². The first kappa shape index (κ1) is 10.9. The van der Waals surface area contributed by atoms with Crippen molar-refractivity contribution in [2.24, 2.45) is 4.99 Å². The first-order valence-corrected chi connectivity index (χ1v) is 5.42. The molecule has 0 amide bonds. The molecule has 0 aromatic heterocycles. The second-order valence-corrected chi connectivity index (χ2v) is 3.50. The molecule has 16 heavy (non-hydrogen) atoms. The quantitative estimate of drug-likeness (QED) is 0.609. The van der Waals surface area contributed by atoms with Gasteiger partial charge in [0.1, 0.15) is 0 Å². The molecule has 2 aliphatic heterocycles. The Morgan fingerprint density at radius 2 is 1.88 bits per heavy atom. The number of fused-ring (bicyclic) bond motifs is 1. The van der Waals surface area contributed by atoms with Gasteiger partial charge in [0.15, 0.2) is 0 Å². The van der Waals surface area contributed by atoms with E-state index in [2.05, 4.69) is 20.9 Å². The lowest BCUT2D eigenvalue weighted by atomic mass is 10.2. The highest BCUT2D eigenvalue weighted by Gasteiger charge is 1.96. The highest BCUT2D eigenvalue weighted by Crippen LogP contribution is 2.13. The Hall–Kier alpha value is -1.65. The van der Waals surface area contributed by atoms with Crippen molar-refractivity contribution in [1.29, 1.82) is 0 Å². The zero-order valence-corrected chi connectivity index (χ0v) is 9.11. The summed E-state index contributed by atoms with van der Waals surface area (Å²) < 4.78 is 0. The van der Waals surface area contributed by atoms with Crippen LogP contribution in [-0.4, -0.2) is 26.0 Å². The van der Waals surface area contributed by atoms with Gasteiger partial charge < -0.3 is 16.0 Å². The maximum absolute atomic E-state index is 4.04. The molecule has 0 atom stereocenters. The van der Waals surface area contributed by atoms with Crippen LogP contribution < -0.4 is 16.0 Å². The summed E-state index contributed by atoms with van der Waals surface area (Å²) in [6, 6.07) is 8.05. The van der Waals surface area contributed by atoms with Crippen LogP contribution in [0.15, 0.2) is 41.7 Å². The standard InChI is InChI=1S/C9H8N2.C3H8N2/c1-2-4-9-8(3-1)7-10-5-6-11-9;1-2-5-3-4-1/h1-7,11H;4-5H,1-3H2. The Labute approximate surface area is 95.5 Å². The van der Waals surface area contributed by atoms with Gasteiger partial charge in [0.2, 0.25) is 0 Å². The number of nitrogens with zero attached hydrogens (tertiary/aromatic N) is 1. The Balaban J connectivity index is 0.000000162. The Kier molecular flexibility index (Phi) is 4.10. The summed E-state index contributed by atoms with van der Waals surface area (Å²) in [5, 5.41) is 9.34. The van der Waals surface area contributed by atoms with Crippen molar-refractivity contribution in [3.63, 3.8) is 0 Å². The zero-order chi connectivity index (χ0) is 11.1. The minimum Gasteiger partial charge on any atom is -0.360 e. The molecule has 2 aliphatic rings. The summed E-state index contributed by atoms with van der Waals surface area (Å²) in [4.78, 5) is 4.04. The van der Waals surface area contributed by atoms with Gasteiger partial charge in [0.05, 0.1) is 0 Å². The third kappa shape index (κ3) is 3.18. The Morgan fingerprint density at radius 3 is 2.62 bits per heavy atom. The van der Waals surface area contributed by atoms with Crippen LogP contribution in [0.1, 0.15) is 5.56 Å². The summed E-state index contributed by atoms with van der Waals surface area (Å²) in [6.07, 6.45) is 5.40. The number of nitrogens with one attached hydrogen (secondary N) is 3. The second kappa shape index (κ2) is 6.05. The van der Waals surface area contributed by atoms with Crippen molar-refractivity contribution in [3.8, 4) is 0 Å². The molecule has 1 aromatic rings. The molecule has 1 saturated heterocycles. The summed E-state index contributed by atoms with van der Waals surface area (Å²) in [6.45, 7) is 3.28. The molecular weight excluding hydrogens is 200 g/mol. The summed E-state index contributed by atoms with van der Waals surface area (Å²) in [5.41, 5.74) is 2.22. The Bertz CT molecular complexity index is 373. The SMILES string of the molecule is C1=CNc2ccccc2C=N1.C1CNCN1. The smallest absolute Gasteiger partial charge is 0.0469 e. The minimum absolute atomic E-state index is 1.00. The fourth-order valence-electron chi connectivity index (χ4n) is 1.48. The van der Waals surface area contributed by atoms with E-state index in [1.807, 2.05) is 36.7 Å². The highest BCUT2D eigenvalue weighted by atomic mass is 15.1. The lowest BCUT2D eigenvalue weighted by molar-refractivity contribution is 0.807. The topological polar surface area (TPSA) is 48.5 Å². The van der Waals surface area contributed by atoms with Crippen LogP contribution in [0.5, 0.6) is 0 Å². The second-order valence-electron chi connectivity index (χ2n) is 3.50. The maximum Gasteiger partial charge on any atom is 0.0469 e. The van der Waals surface area contributed by atoms with Crippen LogP contribution in [0.4, 0.5) is 5.69 Å². The molecule has 0 aliphatic carbocycles. The van der Waals surface area contributed by atoms with Crippen LogP contribution >= 0.6 is 0 Å². The van der Waals surface area contributed by atoms with Gasteiger partial charge in [0, 0.05) is 49.6 Å². The number of hydrogen-bond donors (Lipinski definition) is 3. The van der Waals surface area contributed by atoms with E-state index < -0.39 is 0 Å². The number of para-hydroxylation sites is 1. The first-order valence-electron chi connectivity index (χ1n) is 5.42. The van der Waals surface area contributed by atoms with Crippen molar-refractivity contribution in [1.82, 2.24) is 10.6 Å². The van der Waals surface area contributed by atoms with Gasteiger partial charge >= 0.3 is 0 Å². The molecule has 0 spiro atoms. The average molecular weight is 216 g/mol. The minimum atomic E-state index is 1.00. The van der Waals surface area contributed by atoms with Crippen LogP contribution in [0.25, 0.3) is 0 Å². The van der Waals surface area contributed by atoms with Crippen molar-refractivity contribution >= 4 is 11.9 Å². The van der Waals surface area contributed by atoms with E-state index in [0.717, 1.165) is 31.0 Å². The largest absolute Gasteiger partial charge is 0.360 e. The van der Waals surface area contributed by atoms with Gasteiger partial charge in [0.25, 0.3) is 0 Å². The zero-order valence-electron chi connectivity index (χ0n) is 9.11. The predicted molar refractivity (Wildman–Crippen MR) is 67.7 cm³/mol. The molecule has 4 heteroatoms. The molecule has 3 N–H and O–H groups in total. The van der Waals surface area contributed by atoms with Crippen molar-refractivity contribution in [2.45, 2.75) is 0 Å². The first-order chi connectivity index (χ1) is 7.97. The number of hydrogen-bond acceptors (Lipinski definition) is 4. The summed E-state index contributed by atoms with van der Waals surface area (Å²) >= 11 is 0. The average Bonchev–Trinajstić information content (AvgIpc) is 2.81.